The molecule has 0 aromatic heterocycles. The number of hydrogen-bond acceptors (Lipinski definition) is 3. The standard InChI is InChI=1S/C26H25BrCl2N2O2S/c1-30-26(33)24(14-18-5-3-2-4-6-18)31(15-19-7-10-21(27)11-8-19)25(32)17-34-16-20-9-12-22(28)23(29)13-20/h2-13,24H,14-17H2,1H3,(H,30,33)/t24-/m0/s1. The molecule has 0 saturated heterocycles. The first kappa shape index (κ1) is 26.6. The Morgan fingerprint density at radius 3 is 2.26 bits per heavy atom. The number of carbonyl (C=O) groups excluding carboxylic acids is 2. The zero-order valence-corrected chi connectivity index (χ0v) is 22.6. The molecule has 0 unspecified atom stereocenters. The Labute approximate surface area is 223 Å². The third-order valence-corrected chi connectivity index (χ3v) is 7.52. The normalized spacial score (nSPS) is 11.6. The van der Waals surface area contributed by atoms with E-state index in [9.17, 15) is 9.59 Å². The highest BCUT2D eigenvalue weighted by Crippen LogP contribution is 2.25. The van der Waals surface area contributed by atoms with Crippen molar-refractivity contribution in [2.75, 3.05) is 12.8 Å². The van der Waals surface area contributed by atoms with E-state index in [1.807, 2.05) is 66.7 Å². The molecular formula is C26H25BrCl2N2O2S. The molecule has 2 amide bonds. The number of rotatable bonds is 10. The van der Waals surface area contributed by atoms with Crippen molar-refractivity contribution in [3.05, 3.63) is 104 Å². The molecule has 34 heavy (non-hydrogen) atoms. The average molecular weight is 580 g/mol. The molecular weight excluding hydrogens is 555 g/mol. The molecule has 3 rings (SSSR count). The van der Waals surface area contributed by atoms with Crippen LogP contribution in [0.25, 0.3) is 0 Å². The lowest BCUT2D eigenvalue weighted by Gasteiger charge is -2.31. The van der Waals surface area contributed by atoms with Gasteiger partial charge in [0, 0.05) is 30.2 Å². The van der Waals surface area contributed by atoms with Gasteiger partial charge in [0.1, 0.15) is 6.04 Å². The second-order valence-electron chi connectivity index (χ2n) is 7.71. The number of carbonyl (C=O) groups is 2. The molecule has 3 aromatic carbocycles. The van der Waals surface area contributed by atoms with Crippen LogP contribution in [-0.2, 0) is 28.3 Å². The fourth-order valence-electron chi connectivity index (χ4n) is 3.48. The predicted molar refractivity (Wildman–Crippen MR) is 145 cm³/mol. The summed E-state index contributed by atoms with van der Waals surface area (Å²) in [5.41, 5.74) is 2.93. The topological polar surface area (TPSA) is 49.4 Å². The molecule has 0 radical (unpaired) electrons. The van der Waals surface area contributed by atoms with Gasteiger partial charge in [0.2, 0.25) is 11.8 Å². The summed E-state index contributed by atoms with van der Waals surface area (Å²) in [5, 5.41) is 3.73. The van der Waals surface area contributed by atoms with Crippen molar-refractivity contribution in [3.63, 3.8) is 0 Å². The highest BCUT2D eigenvalue weighted by Gasteiger charge is 2.29. The zero-order valence-electron chi connectivity index (χ0n) is 18.6. The van der Waals surface area contributed by atoms with Crippen LogP contribution in [0.5, 0.6) is 0 Å². The minimum absolute atomic E-state index is 0.0995. The van der Waals surface area contributed by atoms with E-state index in [2.05, 4.69) is 21.2 Å². The monoisotopic (exact) mass is 578 g/mol. The quantitative estimate of drug-likeness (QED) is 0.303. The highest BCUT2D eigenvalue weighted by atomic mass is 79.9. The lowest BCUT2D eigenvalue weighted by Crippen LogP contribution is -2.50. The molecule has 0 heterocycles. The minimum atomic E-state index is -0.630. The maximum atomic E-state index is 13.4. The number of nitrogens with zero attached hydrogens (tertiary/aromatic N) is 1. The van der Waals surface area contributed by atoms with Gasteiger partial charge in [0.15, 0.2) is 0 Å². The van der Waals surface area contributed by atoms with Gasteiger partial charge < -0.3 is 10.2 Å². The van der Waals surface area contributed by atoms with Crippen molar-refractivity contribution < 1.29 is 9.59 Å². The van der Waals surface area contributed by atoms with Gasteiger partial charge in [-0.05, 0) is 41.0 Å². The van der Waals surface area contributed by atoms with E-state index >= 15 is 0 Å². The Balaban J connectivity index is 1.79. The van der Waals surface area contributed by atoms with Crippen molar-refractivity contribution in [3.8, 4) is 0 Å². The van der Waals surface area contributed by atoms with E-state index in [0.717, 1.165) is 21.2 Å². The molecule has 8 heteroatoms. The van der Waals surface area contributed by atoms with Gasteiger partial charge in [0.25, 0.3) is 0 Å². The Kier molecular flexibility index (Phi) is 10.3. The Morgan fingerprint density at radius 2 is 1.62 bits per heavy atom. The number of hydrogen-bond donors (Lipinski definition) is 1. The van der Waals surface area contributed by atoms with Crippen molar-refractivity contribution in [2.24, 2.45) is 0 Å². The summed E-state index contributed by atoms with van der Waals surface area (Å²) in [6, 6.07) is 22.3. The molecule has 4 nitrogen and oxygen atoms in total. The van der Waals surface area contributed by atoms with Gasteiger partial charge >= 0.3 is 0 Å². The number of amides is 2. The van der Waals surface area contributed by atoms with Gasteiger partial charge in [-0.1, -0.05) is 87.7 Å². The summed E-state index contributed by atoms with van der Waals surface area (Å²) in [6.07, 6.45) is 0.431. The van der Waals surface area contributed by atoms with Crippen LogP contribution in [0.15, 0.2) is 77.3 Å². The SMILES string of the molecule is CNC(=O)[C@H](Cc1ccccc1)N(Cc1ccc(Br)cc1)C(=O)CSCc1ccc(Cl)c(Cl)c1. The summed E-state index contributed by atoms with van der Waals surface area (Å²) >= 11 is 17.0. The Hall–Kier alpha value is -1.99. The van der Waals surface area contributed by atoms with Gasteiger partial charge in [-0.2, -0.15) is 0 Å². The van der Waals surface area contributed by atoms with Crippen LogP contribution in [0, 0.1) is 0 Å². The van der Waals surface area contributed by atoms with Gasteiger partial charge in [-0.15, -0.1) is 11.8 Å². The summed E-state index contributed by atoms with van der Waals surface area (Å²) in [4.78, 5) is 28.0. The molecule has 0 fully saturated rings. The summed E-state index contributed by atoms with van der Waals surface area (Å²) < 4.78 is 0.957. The van der Waals surface area contributed by atoms with Crippen LogP contribution in [0.1, 0.15) is 16.7 Å². The number of nitrogens with one attached hydrogen (secondary N) is 1. The lowest BCUT2D eigenvalue weighted by molar-refractivity contribution is -0.139. The Morgan fingerprint density at radius 1 is 0.941 bits per heavy atom. The molecule has 1 atom stereocenters. The average Bonchev–Trinajstić information content (AvgIpc) is 2.84. The molecule has 0 bridgehead atoms. The molecule has 0 aliphatic heterocycles. The molecule has 0 aliphatic rings. The molecule has 0 saturated carbocycles. The molecule has 0 spiro atoms. The first-order valence-corrected chi connectivity index (χ1v) is 13.4. The third-order valence-electron chi connectivity index (χ3n) is 5.26. The second-order valence-corrected chi connectivity index (χ2v) is 10.4. The van der Waals surface area contributed by atoms with E-state index in [1.165, 1.54) is 11.8 Å². The van der Waals surface area contributed by atoms with Crippen molar-refractivity contribution in [1.82, 2.24) is 10.2 Å². The smallest absolute Gasteiger partial charge is 0.242 e. The first-order valence-electron chi connectivity index (χ1n) is 10.7. The number of likely N-dealkylation sites (N-methyl/N-ethyl adjacent to an activating group) is 1. The summed E-state index contributed by atoms with van der Waals surface area (Å²) in [7, 11) is 1.60. The molecule has 1 N–H and O–H groups in total. The molecule has 178 valence electrons. The maximum Gasteiger partial charge on any atom is 0.242 e. The van der Waals surface area contributed by atoms with E-state index in [4.69, 9.17) is 23.2 Å². The van der Waals surface area contributed by atoms with Crippen LogP contribution in [0.3, 0.4) is 0 Å². The molecule has 3 aromatic rings. The van der Waals surface area contributed by atoms with Gasteiger partial charge in [-0.3, -0.25) is 9.59 Å². The van der Waals surface area contributed by atoms with Crippen molar-refractivity contribution >= 4 is 62.7 Å². The van der Waals surface area contributed by atoms with E-state index in [0.29, 0.717) is 28.8 Å². The van der Waals surface area contributed by atoms with E-state index in [-0.39, 0.29) is 17.6 Å². The lowest BCUT2D eigenvalue weighted by atomic mass is 10.0. The highest BCUT2D eigenvalue weighted by molar-refractivity contribution is 9.10. The fourth-order valence-corrected chi connectivity index (χ4v) is 4.92. The largest absolute Gasteiger partial charge is 0.357 e. The number of thioether (sulfide) groups is 1. The van der Waals surface area contributed by atoms with E-state index in [1.54, 1.807) is 18.0 Å². The van der Waals surface area contributed by atoms with E-state index < -0.39 is 6.04 Å². The zero-order chi connectivity index (χ0) is 24.5. The number of halogens is 3. The predicted octanol–water partition coefficient (Wildman–Crippen LogP) is 6.38. The van der Waals surface area contributed by atoms with Gasteiger partial charge in [-0.25, -0.2) is 0 Å². The third kappa shape index (κ3) is 7.77. The second kappa shape index (κ2) is 13.2. The van der Waals surface area contributed by atoms with Crippen LogP contribution in [-0.4, -0.2) is 35.6 Å². The van der Waals surface area contributed by atoms with Crippen molar-refractivity contribution in [2.45, 2.75) is 24.8 Å². The van der Waals surface area contributed by atoms with Crippen LogP contribution in [0.4, 0.5) is 0 Å². The summed E-state index contributed by atoms with van der Waals surface area (Å²) in [5.74, 6) is 0.554. The van der Waals surface area contributed by atoms with Crippen LogP contribution < -0.4 is 5.32 Å². The van der Waals surface area contributed by atoms with Gasteiger partial charge in [0.05, 0.1) is 15.8 Å². The molecule has 0 aliphatic carbocycles. The fraction of sp³-hybridized carbons (Fsp3) is 0.231. The minimum Gasteiger partial charge on any atom is -0.357 e. The number of benzene rings is 3. The van der Waals surface area contributed by atoms with Crippen molar-refractivity contribution in [1.29, 1.82) is 0 Å². The maximum absolute atomic E-state index is 13.4. The van der Waals surface area contributed by atoms with Crippen LogP contribution in [0.2, 0.25) is 10.0 Å². The summed E-state index contributed by atoms with van der Waals surface area (Å²) in [6.45, 7) is 0.338. The Bertz CT molecular complexity index is 1110. The van der Waals surface area contributed by atoms with Crippen LogP contribution >= 0.6 is 50.9 Å². The first-order chi connectivity index (χ1) is 16.4.